The van der Waals surface area contributed by atoms with Crippen LogP contribution in [0.1, 0.15) is 17.5 Å². The first-order valence-corrected chi connectivity index (χ1v) is 8.16. The van der Waals surface area contributed by atoms with E-state index in [0.717, 1.165) is 0 Å². The molecule has 21 heavy (non-hydrogen) atoms. The molecule has 2 aliphatic heterocycles. The van der Waals surface area contributed by atoms with E-state index in [1.807, 2.05) is 6.07 Å². The van der Waals surface area contributed by atoms with Crippen molar-refractivity contribution in [3.63, 3.8) is 0 Å². The molecule has 9 heteroatoms. The number of carbonyl (C=O) groups is 1. The van der Waals surface area contributed by atoms with Crippen LogP contribution in [-0.4, -0.2) is 36.9 Å². The van der Waals surface area contributed by atoms with Gasteiger partial charge in [0.15, 0.2) is 9.84 Å². The van der Waals surface area contributed by atoms with Crippen molar-refractivity contribution in [3.8, 4) is 6.07 Å². The molecule has 1 saturated heterocycles. The smallest absolute Gasteiger partial charge is 0.233 e. The number of amides is 1. The number of nitrogens with zero attached hydrogens (tertiary/aromatic N) is 3. The highest BCUT2D eigenvalue weighted by Crippen LogP contribution is 2.38. The van der Waals surface area contributed by atoms with E-state index in [4.69, 9.17) is 16.7 Å². The minimum absolute atomic E-state index is 0.0136. The van der Waals surface area contributed by atoms with Gasteiger partial charge in [-0.25, -0.2) is 13.4 Å². The number of sulfone groups is 1. The molecule has 8 nitrogen and oxygen atoms in total. The van der Waals surface area contributed by atoms with E-state index < -0.39 is 15.9 Å². The maximum atomic E-state index is 12.2. The van der Waals surface area contributed by atoms with Crippen molar-refractivity contribution in [2.24, 2.45) is 0 Å². The van der Waals surface area contributed by atoms with Crippen LogP contribution in [0, 0.1) is 11.3 Å². The molecular formula is C12H13N5O3S. The zero-order valence-corrected chi connectivity index (χ0v) is 11.9. The highest BCUT2D eigenvalue weighted by molar-refractivity contribution is 7.91. The van der Waals surface area contributed by atoms with Gasteiger partial charge in [-0.3, -0.25) is 9.69 Å². The zero-order chi connectivity index (χ0) is 15.4. The number of fused-ring (bicyclic) bond motifs is 1. The zero-order valence-electron chi connectivity index (χ0n) is 11.0. The van der Waals surface area contributed by atoms with E-state index in [-0.39, 0.29) is 46.7 Å². The number of nitriles is 1. The van der Waals surface area contributed by atoms with E-state index in [1.54, 1.807) is 0 Å². The number of carbonyl (C=O) groups excluding carboxylic acids is 1. The minimum atomic E-state index is -3.13. The number of hydrogen-bond acceptors (Lipinski definition) is 7. The third-order valence-corrected chi connectivity index (χ3v) is 5.61. The molecule has 110 valence electrons. The topological polar surface area (TPSA) is 143 Å². The molecule has 1 amide bonds. The van der Waals surface area contributed by atoms with Gasteiger partial charge in [0.2, 0.25) is 5.91 Å². The predicted molar refractivity (Wildman–Crippen MR) is 76.0 cm³/mol. The van der Waals surface area contributed by atoms with Crippen LogP contribution in [0.15, 0.2) is 0 Å². The molecule has 4 N–H and O–H groups in total. The van der Waals surface area contributed by atoms with Gasteiger partial charge in [-0.05, 0) is 6.42 Å². The Hall–Kier alpha value is -2.34. The number of pyridine rings is 1. The normalized spacial score (nSPS) is 23.1. The van der Waals surface area contributed by atoms with Crippen molar-refractivity contribution in [1.82, 2.24) is 4.98 Å². The predicted octanol–water partition coefficient (Wildman–Crippen LogP) is -0.806. The first-order chi connectivity index (χ1) is 9.84. The number of nitrogens with two attached hydrogens (primary N) is 2. The van der Waals surface area contributed by atoms with E-state index in [1.165, 1.54) is 4.90 Å². The lowest BCUT2D eigenvalue weighted by atomic mass is 10.1. The average molecular weight is 307 g/mol. The monoisotopic (exact) mass is 307 g/mol. The van der Waals surface area contributed by atoms with Crippen LogP contribution in [0.3, 0.4) is 0 Å². The third kappa shape index (κ3) is 1.99. The molecule has 0 aromatic carbocycles. The van der Waals surface area contributed by atoms with Crippen LogP contribution in [-0.2, 0) is 21.1 Å². The fourth-order valence-electron chi connectivity index (χ4n) is 2.85. The number of hydrogen-bond donors (Lipinski definition) is 2. The Bertz CT molecular complexity index is 796. The quantitative estimate of drug-likeness (QED) is 0.690. The Kier molecular flexibility index (Phi) is 2.81. The summed E-state index contributed by atoms with van der Waals surface area (Å²) in [5.74, 6) is -0.0521. The molecule has 0 saturated carbocycles. The van der Waals surface area contributed by atoms with E-state index in [2.05, 4.69) is 4.98 Å². The van der Waals surface area contributed by atoms with E-state index in [0.29, 0.717) is 12.0 Å². The Morgan fingerprint density at radius 3 is 2.67 bits per heavy atom. The second-order valence-electron chi connectivity index (χ2n) is 5.20. The van der Waals surface area contributed by atoms with Gasteiger partial charge in [-0.15, -0.1) is 0 Å². The summed E-state index contributed by atoms with van der Waals surface area (Å²) in [7, 11) is -3.13. The summed E-state index contributed by atoms with van der Waals surface area (Å²) in [6.07, 6.45) is 0.384. The van der Waals surface area contributed by atoms with Crippen LogP contribution in [0.25, 0.3) is 0 Å². The molecule has 0 unspecified atom stereocenters. The number of nitrogen functional groups attached to an aromatic ring is 2. The molecule has 0 bridgehead atoms. The number of anilines is 3. The summed E-state index contributed by atoms with van der Waals surface area (Å²) < 4.78 is 23.2. The fourth-order valence-corrected chi connectivity index (χ4v) is 4.55. The van der Waals surface area contributed by atoms with Gasteiger partial charge in [-0.1, -0.05) is 0 Å². The van der Waals surface area contributed by atoms with Gasteiger partial charge in [0.1, 0.15) is 23.3 Å². The first-order valence-electron chi connectivity index (χ1n) is 6.34. The molecule has 2 aliphatic rings. The average Bonchev–Trinajstić information content (AvgIpc) is 2.90. The van der Waals surface area contributed by atoms with Crippen LogP contribution < -0.4 is 16.4 Å². The first kappa shape index (κ1) is 13.6. The lowest BCUT2D eigenvalue weighted by molar-refractivity contribution is -0.117. The lowest BCUT2D eigenvalue weighted by Crippen LogP contribution is -2.39. The molecule has 1 aromatic rings. The summed E-state index contributed by atoms with van der Waals surface area (Å²) in [4.78, 5) is 17.7. The largest absolute Gasteiger partial charge is 0.397 e. The van der Waals surface area contributed by atoms with Crippen LogP contribution in [0.2, 0.25) is 0 Å². The van der Waals surface area contributed by atoms with Gasteiger partial charge in [0, 0.05) is 5.56 Å². The maximum Gasteiger partial charge on any atom is 0.233 e. The maximum absolute atomic E-state index is 12.2. The van der Waals surface area contributed by atoms with Crippen molar-refractivity contribution < 1.29 is 13.2 Å². The van der Waals surface area contributed by atoms with Crippen molar-refractivity contribution in [1.29, 1.82) is 5.26 Å². The Labute approximate surface area is 121 Å². The summed E-state index contributed by atoms with van der Waals surface area (Å²) in [6.45, 7) is 0. The van der Waals surface area contributed by atoms with E-state index in [9.17, 15) is 13.2 Å². The van der Waals surface area contributed by atoms with Crippen LogP contribution >= 0.6 is 0 Å². The minimum Gasteiger partial charge on any atom is -0.397 e. The summed E-state index contributed by atoms with van der Waals surface area (Å²) >= 11 is 0. The third-order valence-electron chi connectivity index (χ3n) is 3.86. The summed E-state index contributed by atoms with van der Waals surface area (Å²) in [5.41, 5.74) is 12.2. The second-order valence-corrected chi connectivity index (χ2v) is 7.43. The van der Waals surface area contributed by atoms with Gasteiger partial charge in [-0.2, -0.15) is 5.26 Å². The molecule has 1 aromatic heterocycles. The standard InChI is InChI=1S/C12H13N5O3S/c13-4-8-10(14)7-3-9(18)17(12(7)16-11(8)15)6-1-2-21(19,20)5-6/h6H,1-3,5H2,(H4,14,15,16)/t6-/m0/s1. The molecule has 1 atom stereocenters. The van der Waals surface area contributed by atoms with Crippen LogP contribution in [0.4, 0.5) is 17.3 Å². The highest BCUT2D eigenvalue weighted by atomic mass is 32.2. The SMILES string of the molecule is N#Cc1c(N)nc2c(c1N)CC(=O)N2[C@H]1CCS(=O)(=O)C1. The van der Waals surface area contributed by atoms with Crippen molar-refractivity contribution in [2.45, 2.75) is 18.9 Å². The van der Waals surface area contributed by atoms with Crippen LogP contribution in [0.5, 0.6) is 0 Å². The summed E-state index contributed by atoms with van der Waals surface area (Å²) in [5, 5.41) is 9.01. The van der Waals surface area contributed by atoms with Crippen molar-refractivity contribution >= 4 is 33.1 Å². The van der Waals surface area contributed by atoms with Gasteiger partial charge >= 0.3 is 0 Å². The summed E-state index contributed by atoms with van der Waals surface area (Å²) in [6, 6.07) is 1.43. The van der Waals surface area contributed by atoms with E-state index >= 15 is 0 Å². The molecule has 3 rings (SSSR count). The van der Waals surface area contributed by atoms with Gasteiger partial charge in [0.05, 0.1) is 29.7 Å². The van der Waals surface area contributed by atoms with Gasteiger partial charge < -0.3 is 11.5 Å². The molecule has 3 heterocycles. The molecule has 1 fully saturated rings. The lowest BCUT2D eigenvalue weighted by Gasteiger charge is -2.23. The van der Waals surface area contributed by atoms with Gasteiger partial charge in [0.25, 0.3) is 0 Å². The number of rotatable bonds is 1. The second kappa shape index (κ2) is 4.33. The number of aromatic nitrogens is 1. The highest BCUT2D eigenvalue weighted by Gasteiger charge is 2.41. The Balaban J connectivity index is 2.09. The molecular weight excluding hydrogens is 294 g/mol. The molecule has 0 radical (unpaired) electrons. The van der Waals surface area contributed by atoms with Crippen molar-refractivity contribution in [3.05, 3.63) is 11.1 Å². The van der Waals surface area contributed by atoms with Crippen molar-refractivity contribution in [2.75, 3.05) is 27.9 Å². The molecule has 0 spiro atoms. The Morgan fingerprint density at radius 1 is 1.38 bits per heavy atom. The Morgan fingerprint density at radius 2 is 2.10 bits per heavy atom. The molecule has 0 aliphatic carbocycles. The fraction of sp³-hybridized carbons (Fsp3) is 0.417.